The second-order valence-corrected chi connectivity index (χ2v) is 5.12. The zero-order valence-corrected chi connectivity index (χ0v) is 11.1. The van der Waals surface area contributed by atoms with Gasteiger partial charge in [0.05, 0.1) is 6.61 Å². The number of nitrogens with zero attached hydrogens (tertiary/aromatic N) is 2. The number of amides is 2. The third-order valence-corrected chi connectivity index (χ3v) is 3.79. The van der Waals surface area contributed by atoms with Crippen molar-refractivity contribution in [2.75, 3.05) is 32.8 Å². The zero-order valence-electron chi connectivity index (χ0n) is 11.1. The van der Waals surface area contributed by atoms with E-state index in [1.54, 1.807) is 0 Å². The van der Waals surface area contributed by atoms with E-state index in [9.17, 15) is 9.59 Å². The number of hydrogen-bond acceptors (Lipinski definition) is 3. The molecule has 2 aliphatic heterocycles. The predicted molar refractivity (Wildman–Crippen MR) is 67.0 cm³/mol. The summed E-state index contributed by atoms with van der Waals surface area (Å²) in [5, 5.41) is 0. The van der Waals surface area contributed by atoms with Crippen molar-refractivity contribution in [1.82, 2.24) is 9.80 Å². The number of piperidine rings is 1. The molecule has 2 fully saturated rings. The summed E-state index contributed by atoms with van der Waals surface area (Å²) in [7, 11) is 0. The minimum absolute atomic E-state index is 0.0680. The summed E-state index contributed by atoms with van der Waals surface area (Å²) in [6, 6.07) is 0.230. The van der Waals surface area contributed by atoms with Crippen LogP contribution in [0.2, 0.25) is 0 Å². The first kappa shape index (κ1) is 13.3. The number of morpholine rings is 1. The first-order valence-corrected chi connectivity index (χ1v) is 6.83. The molecule has 18 heavy (non-hydrogen) atoms. The van der Waals surface area contributed by atoms with Gasteiger partial charge < -0.3 is 14.5 Å². The van der Waals surface area contributed by atoms with Gasteiger partial charge in [0, 0.05) is 32.1 Å². The van der Waals surface area contributed by atoms with Gasteiger partial charge in [-0.25, -0.2) is 0 Å². The van der Waals surface area contributed by atoms with E-state index in [-0.39, 0.29) is 24.5 Å². The van der Waals surface area contributed by atoms with Gasteiger partial charge in [-0.1, -0.05) is 0 Å². The van der Waals surface area contributed by atoms with Crippen LogP contribution in [0.1, 0.15) is 32.6 Å². The maximum atomic E-state index is 11.8. The Hall–Kier alpha value is -1.10. The molecule has 0 aromatic carbocycles. The smallest absolute Gasteiger partial charge is 0.248 e. The summed E-state index contributed by atoms with van der Waals surface area (Å²) in [6.45, 7) is 5.19. The Morgan fingerprint density at radius 2 is 2.06 bits per heavy atom. The molecular formula is C13H22N2O3. The first-order valence-electron chi connectivity index (χ1n) is 6.83. The number of rotatable bonds is 4. The molecule has 2 amide bonds. The Bertz CT molecular complexity index is 319. The van der Waals surface area contributed by atoms with Crippen LogP contribution in [0.25, 0.3) is 0 Å². The summed E-state index contributed by atoms with van der Waals surface area (Å²) in [4.78, 5) is 27.2. The largest absolute Gasteiger partial charge is 0.370 e. The van der Waals surface area contributed by atoms with Crippen molar-refractivity contribution < 1.29 is 14.3 Å². The van der Waals surface area contributed by atoms with E-state index < -0.39 is 0 Å². The predicted octanol–water partition coefficient (Wildman–Crippen LogP) is 0.636. The van der Waals surface area contributed by atoms with Crippen LogP contribution in [-0.2, 0) is 14.3 Å². The van der Waals surface area contributed by atoms with E-state index in [1.165, 1.54) is 0 Å². The summed E-state index contributed by atoms with van der Waals surface area (Å²) in [6.07, 6.45) is 3.66. The van der Waals surface area contributed by atoms with Gasteiger partial charge in [0.25, 0.3) is 0 Å². The second-order valence-electron chi connectivity index (χ2n) is 5.12. The summed E-state index contributed by atoms with van der Waals surface area (Å²) < 4.78 is 5.10. The molecule has 5 nitrogen and oxygen atoms in total. The lowest BCUT2D eigenvalue weighted by molar-refractivity contribution is -0.143. The first-order chi connectivity index (χ1) is 8.68. The van der Waals surface area contributed by atoms with E-state index in [1.807, 2.05) is 9.80 Å². The van der Waals surface area contributed by atoms with Gasteiger partial charge in [0.1, 0.15) is 6.61 Å². The van der Waals surface area contributed by atoms with Crippen molar-refractivity contribution in [3.8, 4) is 0 Å². The molecule has 102 valence electrons. The molecule has 2 saturated heterocycles. The molecule has 2 rings (SSSR count). The number of carbonyl (C=O) groups excluding carboxylic acids is 2. The molecule has 0 aromatic rings. The highest BCUT2D eigenvalue weighted by atomic mass is 16.5. The second kappa shape index (κ2) is 6.18. The van der Waals surface area contributed by atoms with E-state index >= 15 is 0 Å². The summed E-state index contributed by atoms with van der Waals surface area (Å²) in [5.41, 5.74) is 0. The number of likely N-dealkylation sites (tertiary alicyclic amines) is 1. The standard InChI is InChI=1S/C13H22N2O3/c1-11(15-6-3-2-4-12(15)16)5-7-14-8-9-18-10-13(14)17/h11H,2-10H2,1H3. The highest BCUT2D eigenvalue weighted by Crippen LogP contribution is 2.16. The molecule has 2 aliphatic rings. The lowest BCUT2D eigenvalue weighted by Crippen LogP contribution is -2.46. The molecule has 0 spiro atoms. The van der Waals surface area contributed by atoms with Crippen molar-refractivity contribution in [1.29, 1.82) is 0 Å². The van der Waals surface area contributed by atoms with Gasteiger partial charge in [-0.05, 0) is 26.2 Å². The van der Waals surface area contributed by atoms with E-state index in [0.717, 1.165) is 32.4 Å². The fraction of sp³-hybridized carbons (Fsp3) is 0.846. The molecular weight excluding hydrogens is 232 g/mol. The summed E-state index contributed by atoms with van der Waals surface area (Å²) >= 11 is 0. The van der Waals surface area contributed by atoms with E-state index in [0.29, 0.717) is 19.6 Å². The van der Waals surface area contributed by atoms with Crippen LogP contribution in [0.4, 0.5) is 0 Å². The van der Waals surface area contributed by atoms with E-state index in [4.69, 9.17) is 4.74 Å². The molecule has 0 aromatic heterocycles. The van der Waals surface area contributed by atoms with Crippen molar-refractivity contribution in [2.24, 2.45) is 0 Å². The topological polar surface area (TPSA) is 49.9 Å². The Labute approximate surface area is 108 Å². The molecule has 0 saturated carbocycles. The molecule has 1 unspecified atom stereocenters. The van der Waals surface area contributed by atoms with Crippen molar-refractivity contribution in [2.45, 2.75) is 38.6 Å². The molecule has 1 atom stereocenters. The van der Waals surface area contributed by atoms with Gasteiger partial charge in [0.2, 0.25) is 11.8 Å². The minimum atomic E-state index is 0.0680. The fourth-order valence-electron chi connectivity index (χ4n) is 2.58. The van der Waals surface area contributed by atoms with Gasteiger partial charge in [-0.3, -0.25) is 9.59 Å². The Morgan fingerprint density at radius 3 is 2.78 bits per heavy atom. The monoisotopic (exact) mass is 254 g/mol. The molecule has 5 heteroatoms. The normalized spacial score (nSPS) is 23.4. The maximum Gasteiger partial charge on any atom is 0.248 e. The van der Waals surface area contributed by atoms with Crippen LogP contribution in [-0.4, -0.2) is 60.5 Å². The van der Waals surface area contributed by atoms with Crippen LogP contribution in [0, 0.1) is 0 Å². The highest BCUT2D eigenvalue weighted by molar-refractivity contribution is 5.78. The molecule has 2 heterocycles. The molecule has 0 radical (unpaired) electrons. The quantitative estimate of drug-likeness (QED) is 0.739. The van der Waals surface area contributed by atoms with Crippen molar-refractivity contribution in [3.05, 3.63) is 0 Å². The maximum absolute atomic E-state index is 11.8. The van der Waals surface area contributed by atoms with Crippen LogP contribution >= 0.6 is 0 Å². The third kappa shape index (κ3) is 3.22. The van der Waals surface area contributed by atoms with E-state index in [2.05, 4.69) is 6.92 Å². The number of carbonyl (C=O) groups is 2. The lowest BCUT2D eigenvalue weighted by Gasteiger charge is -2.34. The van der Waals surface area contributed by atoms with Crippen molar-refractivity contribution >= 4 is 11.8 Å². The minimum Gasteiger partial charge on any atom is -0.370 e. The summed E-state index contributed by atoms with van der Waals surface area (Å²) in [5.74, 6) is 0.334. The van der Waals surface area contributed by atoms with Crippen LogP contribution in [0.5, 0.6) is 0 Å². The Morgan fingerprint density at radius 1 is 1.22 bits per heavy atom. The van der Waals surface area contributed by atoms with Crippen LogP contribution in [0.15, 0.2) is 0 Å². The van der Waals surface area contributed by atoms with Gasteiger partial charge in [0.15, 0.2) is 0 Å². The number of ether oxygens (including phenoxy) is 1. The average Bonchev–Trinajstić information content (AvgIpc) is 2.38. The van der Waals surface area contributed by atoms with Crippen LogP contribution < -0.4 is 0 Å². The van der Waals surface area contributed by atoms with Crippen LogP contribution in [0.3, 0.4) is 0 Å². The Balaban J connectivity index is 1.78. The lowest BCUT2D eigenvalue weighted by atomic mass is 10.1. The average molecular weight is 254 g/mol. The van der Waals surface area contributed by atoms with Crippen molar-refractivity contribution in [3.63, 3.8) is 0 Å². The highest BCUT2D eigenvalue weighted by Gasteiger charge is 2.24. The number of hydrogen-bond donors (Lipinski definition) is 0. The third-order valence-electron chi connectivity index (χ3n) is 3.79. The van der Waals surface area contributed by atoms with Gasteiger partial charge in [-0.2, -0.15) is 0 Å². The Kier molecular flexibility index (Phi) is 4.58. The molecule has 0 aliphatic carbocycles. The molecule has 0 bridgehead atoms. The van der Waals surface area contributed by atoms with Gasteiger partial charge in [-0.15, -0.1) is 0 Å². The SMILES string of the molecule is CC(CCN1CCOCC1=O)N1CCCCC1=O. The fourth-order valence-corrected chi connectivity index (χ4v) is 2.58. The zero-order chi connectivity index (χ0) is 13.0. The van der Waals surface area contributed by atoms with Gasteiger partial charge >= 0.3 is 0 Å². The molecule has 0 N–H and O–H groups in total.